The molecule has 0 radical (unpaired) electrons. The predicted octanol–water partition coefficient (Wildman–Crippen LogP) is 3.22. The summed E-state index contributed by atoms with van der Waals surface area (Å²) in [5, 5.41) is 9.02. The van der Waals surface area contributed by atoms with Crippen LogP contribution in [0.1, 0.15) is 48.4 Å². The Morgan fingerprint density at radius 1 is 1.21 bits per heavy atom. The van der Waals surface area contributed by atoms with Gasteiger partial charge in [-0.05, 0) is 18.1 Å². The molecule has 0 fully saturated rings. The van der Waals surface area contributed by atoms with E-state index in [1.54, 1.807) is 12.1 Å². The number of carboxylic acids is 1. The van der Waals surface area contributed by atoms with Gasteiger partial charge in [0.2, 0.25) is 0 Å². The molecule has 0 aliphatic heterocycles. The number of carbonyl (C=O) groups excluding carboxylic acids is 1. The smallest absolute Gasteiger partial charge is 0.339 e. The van der Waals surface area contributed by atoms with E-state index >= 15 is 0 Å². The van der Waals surface area contributed by atoms with Crippen LogP contribution in [0.4, 0.5) is 0 Å². The van der Waals surface area contributed by atoms with Gasteiger partial charge in [0.15, 0.2) is 0 Å². The highest BCUT2D eigenvalue weighted by atomic mass is 16.5. The Labute approximate surface area is 113 Å². The zero-order valence-electron chi connectivity index (χ0n) is 11.8. The summed E-state index contributed by atoms with van der Waals surface area (Å²) >= 11 is 0. The molecule has 4 nitrogen and oxygen atoms in total. The van der Waals surface area contributed by atoms with E-state index in [2.05, 4.69) is 13.8 Å². The quantitative estimate of drug-likeness (QED) is 0.829. The maximum Gasteiger partial charge on any atom is 0.339 e. The van der Waals surface area contributed by atoms with E-state index in [0.717, 1.165) is 0 Å². The van der Waals surface area contributed by atoms with Crippen LogP contribution < -0.4 is 0 Å². The third-order valence-corrected chi connectivity index (χ3v) is 3.52. The predicted molar refractivity (Wildman–Crippen MR) is 72.3 cm³/mol. The second kappa shape index (κ2) is 5.87. The van der Waals surface area contributed by atoms with Gasteiger partial charge in [0.25, 0.3) is 0 Å². The normalized spacial score (nSPS) is 11.4. The van der Waals surface area contributed by atoms with Crippen molar-refractivity contribution in [3.63, 3.8) is 0 Å². The number of ether oxygens (including phenoxy) is 1. The Bertz CT molecular complexity index is 475. The molecule has 0 aliphatic rings. The number of benzene rings is 1. The summed E-state index contributed by atoms with van der Waals surface area (Å²) < 4.78 is 5.24. The van der Waals surface area contributed by atoms with E-state index in [9.17, 15) is 9.59 Å². The van der Waals surface area contributed by atoms with Crippen LogP contribution in [-0.4, -0.2) is 23.7 Å². The van der Waals surface area contributed by atoms with Crippen molar-refractivity contribution in [2.24, 2.45) is 11.3 Å². The van der Waals surface area contributed by atoms with E-state index in [1.807, 2.05) is 13.8 Å². The average Bonchev–Trinajstić information content (AvgIpc) is 2.35. The summed E-state index contributed by atoms with van der Waals surface area (Å²) in [4.78, 5) is 23.0. The van der Waals surface area contributed by atoms with Crippen molar-refractivity contribution < 1.29 is 19.4 Å². The number of aromatic carboxylic acids is 1. The lowest BCUT2D eigenvalue weighted by Crippen LogP contribution is -2.27. The maximum atomic E-state index is 12.0. The van der Waals surface area contributed by atoms with Crippen LogP contribution in [0.15, 0.2) is 24.3 Å². The van der Waals surface area contributed by atoms with Crippen molar-refractivity contribution in [3.8, 4) is 0 Å². The van der Waals surface area contributed by atoms with Crippen LogP contribution in [-0.2, 0) is 4.74 Å². The zero-order valence-corrected chi connectivity index (χ0v) is 11.8. The van der Waals surface area contributed by atoms with Gasteiger partial charge in [-0.2, -0.15) is 0 Å². The molecule has 1 N–H and O–H groups in total. The fourth-order valence-electron chi connectivity index (χ4n) is 1.34. The van der Waals surface area contributed by atoms with Crippen molar-refractivity contribution in [1.29, 1.82) is 0 Å². The summed E-state index contributed by atoms with van der Waals surface area (Å²) in [5.74, 6) is -1.36. The maximum absolute atomic E-state index is 12.0. The second-order valence-corrected chi connectivity index (χ2v) is 5.57. The lowest BCUT2D eigenvalue weighted by molar-refractivity contribution is 0.0251. The molecular weight excluding hydrogens is 244 g/mol. The van der Waals surface area contributed by atoms with Crippen molar-refractivity contribution >= 4 is 11.9 Å². The molecule has 1 aromatic rings. The highest BCUT2D eigenvalue weighted by Gasteiger charge is 2.25. The first-order chi connectivity index (χ1) is 8.75. The topological polar surface area (TPSA) is 63.6 Å². The van der Waals surface area contributed by atoms with Gasteiger partial charge in [-0.1, -0.05) is 39.8 Å². The van der Waals surface area contributed by atoms with Gasteiger partial charge in [0, 0.05) is 5.41 Å². The first-order valence-electron chi connectivity index (χ1n) is 6.25. The molecule has 1 aromatic carbocycles. The molecule has 0 saturated heterocycles. The fourth-order valence-corrected chi connectivity index (χ4v) is 1.34. The average molecular weight is 264 g/mol. The van der Waals surface area contributed by atoms with Crippen LogP contribution in [0.3, 0.4) is 0 Å². The summed E-state index contributed by atoms with van der Waals surface area (Å²) in [6.07, 6.45) is 0. The van der Waals surface area contributed by atoms with Crippen LogP contribution in [0.25, 0.3) is 0 Å². The van der Waals surface area contributed by atoms with Crippen molar-refractivity contribution in [3.05, 3.63) is 35.4 Å². The molecule has 0 heterocycles. The molecule has 0 bridgehead atoms. The molecule has 0 aromatic heterocycles. The molecule has 104 valence electrons. The molecule has 0 atom stereocenters. The summed E-state index contributed by atoms with van der Waals surface area (Å²) in [7, 11) is 0. The van der Waals surface area contributed by atoms with E-state index < -0.39 is 11.9 Å². The Balaban J connectivity index is 2.83. The van der Waals surface area contributed by atoms with Crippen LogP contribution in [0, 0.1) is 11.3 Å². The molecule has 0 unspecified atom stereocenters. The Hall–Kier alpha value is -1.84. The van der Waals surface area contributed by atoms with Crippen molar-refractivity contribution in [2.45, 2.75) is 27.7 Å². The molecule has 0 saturated carbocycles. The Kier molecular flexibility index (Phi) is 4.70. The monoisotopic (exact) mass is 264 g/mol. The Morgan fingerprint density at radius 3 is 2.21 bits per heavy atom. The van der Waals surface area contributed by atoms with Crippen molar-refractivity contribution in [2.75, 3.05) is 6.61 Å². The second-order valence-electron chi connectivity index (χ2n) is 5.57. The Morgan fingerprint density at radius 2 is 1.74 bits per heavy atom. The number of hydrogen-bond acceptors (Lipinski definition) is 3. The standard InChI is InChI=1S/C15H20O4/c1-10(2)15(3,4)9-19-14(18)12-8-6-5-7-11(12)13(16)17/h5-8,10H,9H2,1-4H3,(H,16,17). The van der Waals surface area contributed by atoms with Gasteiger partial charge < -0.3 is 9.84 Å². The first kappa shape index (κ1) is 15.2. The molecule has 0 amide bonds. The SMILES string of the molecule is CC(C)C(C)(C)COC(=O)c1ccccc1C(=O)O. The highest BCUT2D eigenvalue weighted by Crippen LogP contribution is 2.26. The highest BCUT2D eigenvalue weighted by molar-refractivity contribution is 6.02. The molecule has 0 spiro atoms. The fraction of sp³-hybridized carbons (Fsp3) is 0.467. The number of carboxylic acid groups (broad SMARTS) is 1. The minimum atomic E-state index is -1.13. The van der Waals surface area contributed by atoms with Crippen molar-refractivity contribution in [1.82, 2.24) is 0 Å². The molecule has 19 heavy (non-hydrogen) atoms. The van der Waals surface area contributed by atoms with Gasteiger partial charge in [-0.15, -0.1) is 0 Å². The van der Waals surface area contributed by atoms with Crippen LogP contribution >= 0.6 is 0 Å². The number of carbonyl (C=O) groups is 2. The number of hydrogen-bond donors (Lipinski definition) is 1. The molecule has 1 rings (SSSR count). The van der Waals surface area contributed by atoms with Gasteiger partial charge >= 0.3 is 11.9 Å². The zero-order chi connectivity index (χ0) is 14.6. The molecule has 0 aliphatic carbocycles. The molecule has 4 heteroatoms. The van der Waals surface area contributed by atoms with Gasteiger partial charge in [-0.3, -0.25) is 0 Å². The van der Waals surface area contributed by atoms with Crippen LogP contribution in [0.2, 0.25) is 0 Å². The third-order valence-electron chi connectivity index (χ3n) is 3.52. The van der Waals surface area contributed by atoms with Gasteiger partial charge in [0.05, 0.1) is 17.7 Å². The van der Waals surface area contributed by atoms with E-state index in [-0.39, 0.29) is 23.1 Å². The van der Waals surface area contributed by atoms with E-state index in [4.69, 9.17) is 9.84 Å². The lowest BCUT2D eigenvalue weighted by Gasteiger charge is -2.28. The van der Waals surface area contributed by atoms with Gasteiger partial charge in [-0.25, -0.2) is 9.59 Å². The third kappa shape index (κ3) is 3.81. The summed E-state index contributed by atoms with van der Waals surface area (Å²) in [5.41, 5.74) is -0.0854. The minimum Gasteiger partial charge on any atom is -0.478 e. The minimum absolute atomic E-state index is 0.0325. The summed E-state index contributed by atoms with van der Waals surface area (Å²) in [6.45, 7) is 8.39. The molecular formula is C15H20O4. The number of esters is 1. The summed E-state index contributed by atoms with van der Waals surface area (Å²) in [6, 6.07) is 6.07. The largest absolute Gasteiger partial charge is 0.478 e. The van der Waals surface area contributed by atoms with E-state index in [1.165, 1.54) is 12.1 Å². The first-order valence-corrected chi connectivity index (χ1v) is 6.25. The number of rotatable bonds is 5. The lowest BCUT2D eigenvalue weighted by atomic mass is 9.82. The van der Waals surface area contributed by atoms with Crippen LogP contribution in [0.5, 0.6) is 0 Å². The van der Waals surface area contributed by atoms with E-state index in [0.29, 0.717) is 5.92 Å². The van der Waals surface area contributed by atoms with Gasteiger partial charge in [0.1, 0.15) is 0 Å².